The monoisotopic (exact) mass is 347 g/mol. The lowest BCUT2D eigenvalue weighted by Crippen LogP contribution is -2.16. The van der Waals surface area contributed by atoms with Crippen LogP contribution in [-0.2, 0) is 10.1 Å². The Hall–Kier alpha value is -2.92. The van der Waals surface area contributed by atoms with Gasteiger partial charge in [-0.3, -0.25) is 0 Å². The quantitative estimate of drug-likeness (QED) is 0.782. The van der Waals surface area contributed by atoms with Gasteiger partial charge in [-0.2, -0.15) is 13.7 Å². The van der Waals surface area contributed by atoms with Gasteiger partial charge in [-0.05, 0) is 24.3 Å². The van der Waals surface area contributed by atoms with E-state index in [1.165, 1.54) is 43.5 Å². The molecule has 0 amide bonds. The number of fused-ring (bicyclic) bond motifs is 1. The molecule has 0 aromatic heterocycles. The highest BCUT2D eigenvalue weighted by Crippen LogP contribution is 2.35. The Kier molecular flexibility index (Phi) is 4.18. The van der Waals surface area contributed by atoms with Gasteiger partial charge in [0.2, 0.25) is 0 Å². The Bertz CT molecular complexity index is 917. The lowest BCUT2D eigenvalue weighted by molar-refractivity contribution is 0.171. The summed E-state index contributed by atoms with van der Waals surface area (Å²) in [6, 6.07) is 10.4. The van der Waals surface area contributed by atoms with Gasteiger partial charge in [0.15, 0.2) is 23.0 Å². The fraction of sp³-hybridized carbons (Fsp3) is 0.188. The predicted molar refractivity (Wildman–Crippen MR) is 83.0 cm³/mol. The SMILES string of the molecule is COc1cc(C#N)ccc1OS(=O)(=O)c1ccc2c(c1)OCCO2. The smallest absolute Gasteiger partial charge is 0.339 e. The molecular formula is C16H13NO6S. The van der Waals surface area contributed by atoms with Crippen molar-refractivity contribution in [1.29, 1.82) is 5.26 Å². The highest BCUT2D eigenvalue weighted by Gasteiger charge is 2.22. The van der Waals surface area contributed by atoms with Gasteiger partial charge in [0.05, 0.1) is 18.7 Å². The molecule has 0 unspecified atom stereocenters. The molecule has 0 aliphatic carbocycles. The molecule has 0 fully saturated rings. The van der Waals surface area contributed by atoms with Gasteiger partial charge in [-0.15, -0.1) is 0 Å². The number of methoxy groups -OCH3 is 1. The molecule has 0 bridgehead atoms. The second-order valence-electron chi connectivity index (χ2n) is 4.82. The van der Waals surface area contributed by atoms with E-state index in [1.54, 1.807) is 0 Å². The van der Waals surface area contributed by atoms with Crippen molar-refractivity contribution in [1.82, 2.24) is 0 Å². The maximum Gasteiger partial charge on any atom is 0.339 e. The third-order valence-electron chi connectivity index (χ3n) is 3.29. The Labute approximate surface area is 139 Å². The van der Waals surface area contributed by atoms with E-state index in [9.17, 15) is 8.42 Å². The minimum Gasteiger partial charge on any atom is -0.493 e. The van der Waals surface area contributed by atoms with Gasteiger partial charge in [0.25, 0.3) is 0 Å². The molecule has 2 aromatic carbocycles. The van der Waals surface area contributed by atoms with Crippen molar-refractivity contribution in [2.75, 3.05) is 20.3 Å². The summed E-state index contributed by atoms with van der Waals surface area (Å²) in [5.41, 5.74) is 0.330. The summed E-state index contributed by atoms with van der Waals surface area (Å²) in [4.78, 5) is -0.0711. The first-order valence-corrected chi connectivity index (χ1v) is 8.36. The van der Waals surface area contributed by atoms with Crippen LogP contribution in [0.25, 0.3) is 0 Å². The Morgan fingerprint density at radius 1 is 1.04 bits per heavy atom. The van der Waals surface area contributed by atoms with Crippen molar-refractivity contribution in [3.05, 3.63) is 42.0 Å². The van der Waals surface area contributed by atoms with Crippen molar-refractivity contribution in [2.45, 2.75) is 4.90 Å². The molecule has 0 radical (unpaired) electrons. The van der Waals surface area contributed by atoms with E-state index < -0.39 is 10.1 Å². The molecule has 0 saturated carbocycles. The van der Waals surface area contributed by atoms with Crippen LogP contribution in [0.15, 0.2) is 41.3 Å². The van der Waals surface area contributed by atoms with Crippen LogP contribution < -0.4 is 18.4 Å². The minimum atomic E-state index is -4.10. The molecule has 0 atom stereocenters. The van der Waals surface area contributed by atoms with Crippen LogP contribution in [0.3, 0.4) is 0 Å². The van der Waals surface area contributed by atoms with E-state index in [2.05, 4.69) is 0 Å². The summed E-state index contributed by atoms with van der Waals surface area (Å²) in [6.45, 7) is 0.763. The molecule has 1 heterocycles. The highest BCUT2D eigenvalue weighted by molar-refractivity contribution is 7.87. The summed E-state index contributed by atoms with van der Waals surface area (Å²) in [5.74, 6) is 0.968. The van der Waals surface area contributed by atoms with Gasteiger partial charge in [0.1, 0.15) is 18.1 Å². The van der Waals surface area contributed by atoms with Crippen molar-refractivity contribution in [3.8, 4) is 29.1 Å². The number of nitrogens with zero attached hydrogens (tertiary/aromatic N) is 1. The second kappa shape index (κ2) is 6.29. The largest absolute Gasteiger partial charge is 0.493 e. The fourth-order valence-electron chi connectivity index (χ4n) is 2.15. The lowest BCUT2D eigenvalue weighted by Gasteiger charge is -2.19. The van der Waals surface area contributed by atoms with Crippen LogP contribution >= 0.6 is 0 Å². The molecule has 0 saturated heterocycles. The molecule has 3 rings (SSSR count). The number of rotatable bonds is 4. The van der Waals surface area contributed by atoms with Gasteiger partial charge in [0, 0.05) is 12.1 Å². The molecule has 124 valence electrons. The summed E-state index contributed by atoms with van der Waals surface area (Å²) in [5, 5.41) is 8.88. The Balaban J connectivity index is 1.93. The highest BCUT2D eigenvalue weighted by atomic mass is 32.2. The molecule has 7 nitrogen and oxygen atoms in total. The average molecular weight is 347 g/mol. The van der Waals surface area contributed by atoms with E-state index in [0.717, 1.165) is 0 Å². The number of hydrogen-bond donors (Lipinski definition) is 0. The van der Waals surface area contributed by atoms with Crippen molar-refractivity contribution >= 4 is 10.1 Å². The van der Waals surface area contributed by atoms with E-state index >= 15 is 0 Å². The second-order valence-corrected chi connectivity index (χ2v) is 6.37. The zero-order valence-electron chi connectivity index (χ0n) is 12.7. The van der Waals surface area contributed by atoms with Crippen molar-refractivity contribution in [2.24, 2.45) is 0 Å². The van der Waals surface area contributed by atoms with E-state index in [4.69, 9.17) is 23.7 Å². The van der Waals surface area contributed by atoms with Crippen LogP contribution in [0.4, 0.5) is 0 Å². The molecular weight excluding hydrogens is 334 g/mol. The first-order valence-electron chi connectivity index (χ1n) is 6.96. The average Bonchev–Trinajstić information content (AvgIpc) is 2.61. The van der Waals surface area contributed by atoms with Crippen LogP contribution in [0, 0.1) is 11.3 Å². The summed E-state index contributed by atoms with van der Waals surface area (Å²) >= 11 is 0. The number of ether oxygens (including phenoxy) is 3. The summed E-state index contributed by atoms with van der Waals surface area (Å²) in [7, 11) is -2.74. The molecule has 0 N–H and O–H groups in total. The summed E-state index contributed by atoms with van der Waals surface area (Å²) in [6.07, 6.45) is 0. The van der Waals surface area contributed by atoms with Gasteiger partial charge in [-0.25, -0.2) is 0 Å². The van der Waals surface area contributed by atoms with Crippen LogP contribution in [0.2, 0.25) is 0 Å². The number of hydrogen-bond acceptors (Lipinski definition) is 7. The van der Waals surface area contributed by atoms with Crippen LogP contribution in [0.5, 0.6) is 23.0 Å². The minimum absolute atomic E-state index is 0.00797. The first-order chi connectivity index (χ1) is 11.5. The lowest BCUT2D eigenvalue weighted by atomic mass is 10.2. The fourth-order valence-corrected chi connectivity index (χ4v) is 3.11. The standard InChI is InChI=1S/C16H13NO6S/c1-20-15-8-11(10-17)2-4-14(15)23-24(18,19)12-3-5-13-16(9-12)22-7-6-21-13/h2-5,8-9H,6-7H2,1H3. The normalized spacial score (nSPS) is 13.0. The van der Waals surface area contributed by atoms with Gasteiger partial charge < -0.3 is 18.4 Å². The number of benzene rings is 2. The third kappa shape index (κ3) is 3.07. The molecule has 2 aromatic rings. The molecule has 1 aliphatic heterocycles. The maximum atomic E-state index is 12.5. The number of nitriles is 1. The van der Waals surface area contributed by atoms with Crippen molar-refractivity contribution < 1.29 is 26.8 Å². The molecule has 0 spiro atoms. The topological polar surface area (TPSA) is 94.9 Å². The van der Waals surface area contributed by atoms with E-state index in [1.807, 2.05) is 6.07 Å². The van der Waals surface area contributed by atoms with E-state index in [-0.39, 0.29) is 16.4 Å². The van der Waals surface area contributed by atoms with Crippen molar-refractivity contribution in [3.63, 3.8) is 0 Å². The van der Waals surface area contributed by atoms with E-state index in [0.29, 0.717) is 30.3 Å². The molecule has 8 heteroatoms. The zero-order valence-corrected chi connectivity index (χ0v) is 13.5. The predicted octanol–water partition coefficient (Wildman–Crippen LogP) is 2.11. The third-order valence-corrected chi connectivity index (χ3v) is 4.52. The van der Waals surface area contributed by atoms with Gasteiger partial charge >= 0.3 is 10.1 Å². The Morgan fingerprint density at radius 2 is 1.79 bits per heavy atom. The Morgan fingerprint density at radius 3 is 2.50 bits per heavy atom. The first kappa shape index (κ1) is 16.0. The van der Waals surface area contributed by atoms with Crippen LogP contribution in [-0.4, -0.2) is 28.7 Å². The van der Waals surface area contributed by atoms with Crippen LogP contribution in [0.1, 0.15) is 5.56 Å². The molecule has 24 heavy (non-hydrogen) atoms. The maximum absolute atomic E-state index is 12.5. The summed E-state index contributed by atoms with van der Waals surface area (Å²) < 4.78 is 45.9. The molecule has 1 aliphatic rings. The zero-order chi connectivity index (χ0) is 17.2. The van der Waals surface area contributed by atoms with Gasteiger partial charge in [-0.1, -0.05) is 0 Å².